The fourth-order valence-corrected chi connectivity index (χ4v) is 4.57. The number of ether oxygens (including phenoxy) is 1. The van der Waals surface area contributed by atoms with Crippen LogP contribution in [0, 0.1) is 10.9 Å². The fourth-order valence-electron chi connectivity index (χ4n) is 3.21. The molecule has 24 heavy (non-hydrogen) atoms. The van der Waals surface area contributed by atoms with Gasteiger partial charge in [-0.3, -0.25) is 9.36 Å². The third-order valence-electron chi connectivity index (χ3n) is 4.44. The molecule has 2 aliphatic rings. The molecule has 1 saturated heterocycles. The van der Waals surface area contributed by atoms with Gasteiger partial charge < -0.3 is 9.84 Å². The molecule has 2 aliphatic heterocycles. The van der Waals surface area contributed by atoms with Crippen molar-refractivity contribution in [2.75, 3.05) is 6.61 Å². The number of nitrogens with zero attached hydrogens (tertiary/aromatic N) is 2. The van der Waals surface area contributed by atoms with E-state index in [2.05, 4.69) is 4.99 Å². The Morgan fingerprint density at radius 3 is 3.08 bits per heavy atom. The van der Waals surface area contributed by atoms with Crippen LogP contribution in [0.1, 0.15) is 23.3 Å². The van der Waals surface area contributed by atoms with Gasteiger partial charge in [0.15, 0.2) is 3.95 Å². The van der Waals surface area contributed by atoms with Gasteiger partial charge >= 0.3 is 0 Å². The lowest BCUT2D eigenvalue weighted by molar-refractivity contribution is -0.112. The van der Waals surface area contributed by atoms with Crippen molar-refractivity contribution in [2.24, 2.45) is 4.99 Å². The van der Waals surface area contributed by atoms with Crippen LogP contribution in [0.25, 0.3) is 5.57 Å². The molecule has 0 spiro atoms. The summed E-state index contributed by atoms with van der Waals surface area (Å²) in [5.41, 5.74) is 1.38. The zero-order chi connectivity index (χ0) is 16.8. The molecule has 0 unspecified atom stereocenters. The van der Waals surface area contributed by atoms with E-state index in [4.69, 9.17) is 17.0 Å². The number of aryl methyl sites for hydroxylation is 1. The van der Waals surface area contributed by atoms with Crippen molar-refractivity contribution in [3.63, 3.8) is 0 Å². The molecule has 1 amide bonds. The van der Waals surface area contributed by atoms with Crippen molar-refractivity contribution in [1.82, 2.24) is 4.57 Å². The number of para-hydroxylation sites is 1. The third kappa shape index (κ3) is 2.44. The first-order valence-corrected chi connectivity index (χ1v) is 9.06. The molecule has 1 fully saturated rings. The molecule has 1 aromatic carbocycles. The highest BCUT2D eigenvalue weighted by Gasteiger charge is 2.27. The van der Waals surface area contributed by atoms with Crippen molar-refractivity contribution in [1.29, 1.82) is 0 Å². The number of carbonyl (C=O) groups excluding carboxylic acids is 1. The Balaban J connectivity index is 1.86. The first-order chi connectivity index (χ1) is 11.6. The summed E-state index contributed by atoms with van der Waals surface area (Å²) in [7, 11) is 0. The highest BCUT2D eigenvalue weighted by Crippen LogP contribution is 2.33. The predicted molar refractivity (Wildman–Crippen MR) is 93.3 cm³/mol. The van der Waals surface area contributed by atoms with E-state index in [1.165, 1.54) is 11.3 Å². The molecular formula is C17H16N2O3S2. The minimum Gasteiger partial charge on any atom is -0.493 e. The second-order valence-electron chi connectivity index (χ2n) is 6.03. The van der Waals surface area contributed by atoms with Gasteiger partial charge in [0.2, 0.25) is 5.88 Å². The van der Waals surface area contributed by atoms with Gasteiger partial charge in [-0.05, 0) is 37.5 Å². The Morgan fingerprint density at radius 1 is 1.50 bits per heavy atom. The SMILES string of the molecule is Cc1cccc2c1=NC(=O)C=2c1sc(=S)n(C[C@@H]2CCCO2)c1O. The van der Waals surface area contributed by atoms with Crippen LogP contribution in [0.15, 0.2) is 23.2 Å². The zero-order valence-electron chi connectivity index (χ0n) is 13.1. The molecule has 1 atom stereocenters. The summed E-state index contributed by atoms with van der Waals surface area (Å²) in [5, 5.41) is 12.1. The van der Waals surface area contributed by atoms with Crippen LogP contribution in [0.3, 0.4) is 0 Å². The van der Waals surface area contributed by atoms with E-state index in [-0.39, 0.29) is 17.9 Å². The number of fused-ring (bicyclic) bond motifs is 1. The summed E-state index contributed by atoms with van der Waals surface area (Å²) < 4.78 is 7.84. The van der Waals surface area contributed by atoms with Gasteiger partial charge in [0, 0.05) is 11.8 Å². The van der Waals surface area contributed by atoms with Gasteiger partial charge in [-0.2, -0.15) is 0 Å². The number of benzene rings is 1. The Labute approximate surface area is 147 Å². The summed E-state index contributed by atoms with van der Waals surface area (Å²) >= 11 is 6.65. The highest BCUT2D eigenvalue weighted by atomic mass is 32.1. The molecule has 5 nitrogen and oxygen atoms in total. The van der Waals surface area contributed by atoms with E-state index in [0.717, 1.165) is 30.2 Å². The van der Waals surface area contributed by atoms with Crippen LogP contribution >= 0.6 is 23.6 Å². The van der Waals surface area contributed by atoms with Crippen LogP contribution in [-0.4, -0.2) is 28.3 Å². The molecule has 0 aliphatic carbocycles. The predicted octanol–water partition coefficient (Wildman–Crippen LogP) is 1.83. The molecule has 7 heteroatoms. The highest BCUT2D eigenvalue weighted by molar-refractivity contribution is 7.73. The summed E-state index contributed by atoms with van der Waals surface area (Å²) in [6.07, 6.45) is 2.05. The lowest BCUT2D eigenvalue weighted by Gasteiger charge is -2.11. The number of hydrogen-bond donors (Lipinski definition) is 1. The van der Waals surface area contributed by atoms with E-state index in [1.807, 2.05) is 25.1 Å². The molecule has 124 valence electrons. The number of aromatic hydroxyl groups is 1. The maximum Gasteiger partial charge on any atom is 0.279 e. The van der Waals surface area contributed by atoms with Gasteiger partial charge in [-0.15, -0.1) is 11.3 Å². The first-order valence-electron chi connectivity index (χ1n) is 7.84. The maximum absolute atomic E-state index is 12.4. The number of hydrogen-bond acceptors (Lipinski definition) is 5. The zero-order valence-corrected chi connectivity index (χ0v) is 14.7. The molecule has 3 heterocycles. The number of rotatable bonds is 3. The monoisotopic (exact) mass is 360 g/mol. The van der Waals surface area contributed by atoms with E-state index < -0.39 is 0 Å². The minimum atomic E-state index is -0.324. The number of amides is 1. The number of aromatic nitrogens is 1. The standard InChI is InChI=1S/C17H16N2O3S2/c1-9-4-2-6-11-12(15(20)18-13(9)11)14-16(21)19(17(23)24-14)8-10-5-3-7-22-10/h2,4,6,10,21H,3,5,7-8H2,1H3/t10-/m0/s1. The van der Waals surface area contributed by atoms with Crippen LogP contribution in [0.5, 0.6) is 5.88 Å². The first kappa shape index (κ1) is 15.7. The minimum absolute atomic E-state index is 0.0356. The van der Waals surface area contributed by atoms with Crippen LogP contribution in [-0.2, 0) is 16.1 Å². The molecule has 0 radical (unpaired) electrons. The van der Waals surface area contributed by atoms with E-state index in [9.17, 15) is 9.90 Å². The van der Waals surface area contributed by atoms with Gasteiger partial charge in [0.1, 0.15) is 4.88 Å². The Hall–Kier alpha value is -1.83. The number of thiazole rings is 1. The fraction of sp³-hybridized carbons (Fsp3) is 0.353. The maximum atomic E-state index is 12.4. The van der Waals surface area contributed by atoms with Crippen LogP contribution in [0.4, 0.5) is 0 Å². The summed E-state index contributed by atoms with van der Waals surface area (Å²) in [5.74, 6) is -0.288. The Bertz CT molecular complexity index is 1010. The van der Waals surface area contributed by atoms with Crippen molar-refractivity contribution in [3.8, 4) is 5.88 Å². The van der Waals surface area contributed by atoms with Crippen molar-refractivity contribution in [2.45, 2.75) is 32.4 Å². The summed E-state index contributed by atoms with van der Waals surface area (Å²) in [4.78, 5) is 17.1. The molecular weight excluding hydrogens is 344 g/mol. The Kier molecular flexibility index (Phi) is 3.86. The van der Waals surface area contributed by atoms with Gasteiger partial charge in [-0.1, -0.05) is 18.2 Å². The molecule has 1 N–H and O–H groups in total. The topological polar surface area (TPSA) is 63.8 Å². The second-order valence-corrected chi connectivity index (χ2v) is 7.67. The lowest BCUT2D eigenvalue weighted by atomic mass is 10.1. The quantitative estimate of drug-likeness (QED) is 0.849. The van der Waals surface area contributed by atoms with Crippen LogP contribution in [0.2, 0.25) is 0 Å². The van der Waals surface area contributed by atoms with Crippen molar-refractivity contribution < 1.29 is 14.6 Å². The van der Waals surface area contributed by atoms with Crippen LogP contribution < -0.4 is 10.6 Å². The van der Waals surface area contributed by atoms with Crippen molar-refractivity contribution >= 4 is 35.0 Å². The lowest BCUT2D eigenvalue weighted by Crippen LogP contribution is -2.25. The molecule has 1 aromatic heterocycles. The normalized spacial score (nSPS) is 19.6. The van der Waals surface area contributed by atoms with E-state index >= 15 is 0 Å². The van der Waals surface area contributed by atoms with Gasteiger partial charge in [-0.25, -0.2) is 4.99 Å². The third-order valence-corrected chi connectivity index (χ3v) is 5.90. The Morgan fingerprint density at radius 2 is 2.33 bits per heavy atom. The molecule has 0 saturated carbocycles. The molecule has 4 rings (SSSR count). The van der Waals surface area contributed by atoms with Gasteiger partial charge in [0.25, 0.3) is 5.91 Å². The molecule has 0 bridgehead atoms. The average molecular weight is 360 g/mol. The molecule has 2 aromatic rings. The average Bonchev–Trinajstić information content (AvgIpc) is 3.23. The smallest absolute Gasteiger partial charge is 0.279 e. The summed E-state index contributed by atoms with van der Waals surface area (Å²) in [6.45, 7) is 3.18. The van der Waals surface area contributed by atoms with E-state index in [0.29, 0.717) is 26.3 Å². The summed E-state index contributed by atoms with van der Waals surface area (Å²) in [6, 6.07) is 5.67. The second kappa shape index (κ2) is 5.91. The van der Waals surface area contributed by atoms with Crippen molar-refractivity contribution in [3.05, 3.63) is 43.2 Å². The number of carbonyl (C=O) groups is 1. The van der Waals surface area contributed by atoms with E-state index in [1.54, 1.807) is 4.57 Å². The largest absolute Gasteiger partial charge is 0.493 e. The van der Waals surface area contributed by atoms with Gasteiger partial charge in [0.05, 0.1) is 23.6 Å².